The Labute approximate surface area is 120 Å². The maximum absolute atomic E-state index is 11.8. The highest BCUT2D eigenvalue weighted by molar-refractivity contribution is 7.92. The van der Waals surface area contributed by atoms with Crippen molar-refractivity contribution in [2.24, 2.45) is 0 Å². The van der Waals surface area contributed by atoms with Crippen molar-refractivity contribution in [3.8, 4) is 0 Å². The van der Waals surface area contributed by atoms with Gasteiger partial charge in [-0.15, -0.1) is 0 Å². The molecule has 0 spiro atoms. The SMILES string of the molecule is CN(C)CCNC(=O)CN(c1ccccc1)S(C)(=O)=O. The van der Waals surface area contributed by atoms with Crippen molar-refractivity contribution in [3.05, 3.63) is 30.3 Å². The highest BCUT2D eigenvalue weighted by atomic mass is 32.2. The minimum Gasteiger partial charge on any atom is -0.353 e. The molecule has 0 aromatic heterocycles. The van der Waals surface area contributed by atoms with Crippen LogP contribution in [0.15, 0.2) is 30.3 Å². The number of nitrogens with zero attached hydrogens (tertiary/aromatic N) is 2. The molecule has 1 N–H and O–H groups in total. The molecule has 6 nitrogen and oxygen atoms in total. The lowest BCUT2D eigenvalue weighted by atomic mass is 10.3. The lowest BCUT2D eigenvalue weighted by Crippen LogP contribution is -2.42. The number of hydrogen-bond donors (Lipinski definition) is 1. The Kier molecular flexibility index (Phi) is 5.97. The van der Waals surface area contributed by atoms with Crippen molar-refractivity contribution in [2.75, 3.05) is 44.3 Å². The number of rotatable bonds is 7. The summed E-state index contributed by atoms with van der Waals surface area (Å²) in [6, 6.07) is 8.58. The van der Waals surface area contributed by atoms with Gasteiger partial charge in [-0.2, -0.15) is 0 Å². The van der Waals surface area contributed by atoms with Gasteiger partial charge in [0.25, 0.3) is 0 Å². The summed E-state index contributed by atoms with van der Waals surface area (Å²) < 4.78 is 24.7. The minimum atomic E-state index is -3.49. The molecule has 0 aliphatic heterocycles. The largest absolute Gasteiger partial charge is 0.353 e. The maximum Gasteiger partial charge on any atom is 0.240 e. The smallest absolute Gasteiger partial charge is 0.240 e. The molecule has 1 aromatic carbocycles. The highest BCUT2D eigenvalue weighted by Gasteiger charge is 2.20. The molecular weight excluding hydrogens is 278 g/mol. The summed E-state index contributed by atoms with van der Waals surface area (Å²) >= 11 is 0. The molecule has 0 unspecified atom stereocenters. The first-order chi connectivity index (χ1) is 9.30. The van der Waals surface area contributed by atoms with Crippen LogP contribution in [0.4, 0.5) is 5.69 Å². The Hall–Kier alpha value is -1.60. The third-order valence-electron chi connectivity index (χ3n) is 2.61. The van der Waals surface area contributed by atoms with Crippen molar-refractivity contribution in [1.29, 1.82) is 0 Å². The summed E-state index contributed by atoms with van der Waals surface area (Å²) in [4.78, 5) is 13.8. The van der Waals surface area contributed by atoms with Gasteiger partial charge >= 0.3 is 0 Å². The van der Waals surface area contributed by atoms with Crippen LogP contribution in [0.2, 0.25) is 0 Å². The lowest BCUT2D eigenvalue weighted by molar-refractivity contribution is -0.119. The summed E-state index contributed by atoms with van der Waals surface area (Å²) in [5.74, 6) is -0.318. The van der Waals surface area contributed by atoms with Crippen LogP contribution in [0.3, 0.4) is 0 Å². The van der Waals surface area contributed by atoms with Crippen molar-refractivity contribution >= 4 is 21.6 Å². The van der Waals surface area contributed by atoms with Gasteiger partial charge in [-0.3, -0.25) is 9.10 Å². The van der Waals surface area contributed by atoms with E-state index >= 15 is 0 Å². The normalized spacial score (nSPS) is 11.4. The average Bonchev–Trinajstić information content (AvgIpc) is 2.35. The number of hydrogen-bond acceptors (Lipinski definition) is 4. The van der Waals surface area contributed by atoms with E-state index in [0.717, 1.165) is 10.6 Å². The van der Waals surface area contributed by atoms with Gasteiger partial charge in [0.15, 0.2) is 0 Å². The zero-order valence-corrected chi connectivity index (χ0v) is 12.9. The van der Waals surface area contributed by atoms with Crippen LogP contribution in [0.25, 0.3) is 0 Å². The summed E-state index contributed by atoms with van der Waals surface area (Å²) in [7, 11) is 0.311. The number of sulfonamides is 1. The quantitative estimate of drug-likeness (QED) is 0.777. The molecule has 0 heterocycles. The number of carbonyl (C=O) groups is 1. The highest BCUT2D eigenvalue weighted by Crippen LogP contribution is 2.15. The van der Waals surface area contributed by atoms with Crippen LogP contribution in [0.1, 0.15) is 0 Å². The number of likely N-dealkylation sites (N-methyl/N-ethyl adjacent to an activating group) is 1. The maximum atomic E-state index is 11.8. The van der Waals surface area contributed by atoms with E-state index in [1.807, 2.05) is 19.0 Å². The van der Waals surface area contributed by atoms with Crippen molar-refractivity contribution in [2.45, 2.75) is 0 Å². The topological polar surface area (TPSA) is 69.7 Å². The van der Waals surface area contributed by atoms with E-state index < -0.39 is 10.0 Å². The zero-order chi connectivity index (χ0) is 15.2. The Bertz CT molecular complexity index is 529. The van der Waals surface area contributed by atoms with E-state index in [-0.39, 0.29) is 12.5 Å². The fraction of sp³-hybridized carbons (Fsp3) is 0.462. The standard InChI is InChI=1S/C13H21N3O3S/c1-15(2)10-9-14-13(17)11-16(20(3,18)19)12-7-5-4-6-8-12/h4-8H,9-11H2,1-3H3,(H,14,17). The lowest BCUT2D eigenvalue weighted by Gasteiger charge is -2.22. The van der Waals surface area contributed by atoms with E-state index in [4.69, 9.17) is 0 Å². The predicted octanol–water partition coefficient (Wildman–Crippen LogP) is 0.130. The molecule has 0 saturated carbocycles. The summed E-state index contributed by atoms with van der Waals surface area (Å²) in [5, 5.41) is 2.70. The molecule has 0 saturated heterocycles. The number of anilines is 1. The first-order valence-electron chi connectivity index (χ1n) is 6.25. The molecule has 7 heteroatoms. The van der Waals surface area contributed by atoms with Crippen LogP contribution in [-0.4, -0.2) is 59.2 Å². The van der Waals surface area contributed by atoms with Crippen LogP contribution in [-0.2, 0) is 14.8 Å². The molecule has 0 atom stereocenters. The number of carbonyl (C=O) groups excluding carboxylic acids is 1. The van der Waals surface area contributed by atoms with E-state index in [0.29, 0.717) is 18.8 Å². The Morgan fingerprint density at radius 3 is 2.30 bits per heavy atom. The van der Waals surface area contributed by atoms with E-state index in [1.54, 1.807) is 30.3 Å². The molecule has 1 rings (SSSR count). The van der Waals surface area contributed by atoms with Crippen LogP contribution in [0, 0.1) is 0 Å². The first-order valence-corrected chi connectivity index (χ1v) is 8.09. The Morgan fingerprint density at radius 1 is 1.20 bits per heavy atom. The van der Waals surface area contributed by atoms with Crippen molar-refractivity contribution < 1.29 is 13.2 Å². The van der Waals surface area contributed by atoms with Gasteiger partial charge in [0.1, 0.15) is 6.54 Å². The third kappa shape index (κ3) is 5.58. The molecule has 0 radical (unpaired) electrons. The predicted molar refractivity (Wildman–Crippen MR) is 80.2 cm³/mol. The second kappa shape index (κ2) is 7.25. The fourth-order valence-corrected chi connectivity index (χ4v) is 2.46. The van der Waals surface area contributed by atoms with Gasteiger partial charge in [0, 0.05) is 13.1 Å². The Balaban J connectivity index is 2.70. The second-order valence-corrected chi connectivity index (χ2v) is 6.67. The van der Waals surface area contributed by atoms with Gasteiger partial charge in [0.05, 0.1) is 11.9 Å². The van der Waals surface area contributed by atoms with Crippen LogP contribution >= 0.6 is 0 Å². The van der Waals surface area contributed by atoms with Crippen LogP contribution < -0.4 is 9.62 Å². The molecule has 0 bridgehead atoms. The molecule has 1 amide bonds. The molecule has 0 aliphatic carbocycles. The van der Waals surface area contributed by atoms with Gasteiger partial charge in [-0.1, -0.05) is 18.2 Å². The molecule has 0 aliphatic rings. The fourth-order valence-electron chi connectivity index (χ4n) is 1.60. The molecule has 112 valence electrons. The Morgan fingerprint density at radius 2 is 1.80 bits per heavy atom. The van der Waals surface area contributed by atoms with Gasteiger partial charge in [-0.05, 0) is 26.2 Å². The molecule has 0 fully saturated rings. The van der Waals surface area contributed by atoms with E-state index in [2.05, 4.69) is 5.32 Å². The minimum absolute atomic E-state index is 0.212. The second-order valence-electron chi connectivity index (χ2n) is 4.76. The van der Waals surface area contributed by atoms with Gasteiger partial charge in [0.2, 0.25) is 15.9 Å². The number of para-hydroxylation sites is 1. The summed E-state index contributed by atoms with van der Waals surface area (Å²) in [6.45, 7) is 0.977. The third-order valence-corrected chi connectivity index (χ3v) is 3.75. The van der Waals surface area contributed by atoms with Gasteiger partial charge in [-0.25, -0.2) is 8.42 Å². The number of benzene rings is 1. The molecule has 1 aromatic rings. The van der Waals surface area contributed by atoms with Crippen molar-refractivity contribution in [3.63, 3.8) is 0 Å². The van der Waals surface area contributed by atoms with E-state index in [9.17, 15) is 13.2 Å². The number of amides is 1. The monoisotopic (exact) mass is 299 g/mol. The van der Waals surface area contributed by atoms with E-state index in [1.165, 1.54) is 0 Å². The average molecular weight is 299 g/mol. The summed E-state index contributed by atoms with van der Waals surface area (Å²) in [5.41, 5.74) is 0.484. The van der Waals surface area contributed by atoms with Crippen molar-refractivity contribution in [1.82, 2.24) is 10.2 Å². The zero-order valence-electron chi connectivity index (χ0n) is 12.0. The molecular formula is C13H21N3O3S. The van der Waals surface area contributed by atoms with Gasteiger partial charge < -0.3 is 10.2 Å². The molecule has 20 heavy (non-hydrogen) atoms. The summed E-state index contributed by atoms with van der Waals surface area (Å²) in [6.07, 6.45) is 1.09. The van der Waals surface area contributed by atoms with Crippen LogP contribution in [0.5, 0.6) is 0 Å². The number of nitrogens with one attached hydrogen (secondary N) is 1. The first kappa shape index (κ1) is 16.5.